The van der Waals surface area contributed by atoms with E-state index in [4.69, 9.17) is 0 Å². The number of hydrogen-bond donors (Lipinski definition) is 2. The maximum atomic E-state index is 12.9. The first kappa shape index (κ1) is 17.3. The van der Waals surface area contributed by atoms with Gasteiger partial charge in [-0.05, 0) is 6.92 Å². The molecule has 1 aliphatic rings. The van der Waals surface area contributed by atoms with Crippen LogP contribution in [0, 0.1) is 11.8 Å². The number of nitrogens with one attached hydrogen (secondary N) is 1. The van der Waals surface area contributed by atoms with Crippen LogP contribution in [0.2, 0.25) is 0 Å². The molecule has 2 aromatic rings. The molecule has 2 aromatic heterocycles. The first-order valence-corrected chi connectivity index (χ1v) is 8.26. The van der Waals surface area contributed by atoms with E-state index >= 15 is 0 Å². The molecular weight excluding hydrogens is 324 g/mol. The second-order valence-corrected chi connectivity index (χ2v) is 5.86. The number of rotatable bonds is 4. The van der Waals surface area contributed by atoms with Gasteiger partial charge in [0.05, 0.1) is 19.7 Å². The van der Waals surface area contributed by atoms with Crippen LogP contribution in [0.5, 0.6) is 0 Å². The van der Waals surface area contributed by atoms with Gasteiger partial charge in [0.25, 0.3) is 5.56 Å². The van der Waals surface area contributed by atoms with Gasteiger partial charge < -0.3 is 15.3 Å². The van der Waals surface area contributed by atoms with E-state index in [1.165, 1.54) is 4.57 Å². The summed E-state index contributed by atoms with van der Waals surface area (Å²) < 4.78 is 4.17. The average molecular weight is 346 g/mol. The van der Waals surface area contributed by atoms with E-state index in [1.807, 2.05) is 0 Å². The maximum Gasteiger partial charge on any atom is 0.332 e. The molecule has 134 valence electrons. The molecule has 0 amide bonds. The molecule has 1 saturated heterocycles. The van der Waals surface area contributed by atoms with Gasteiger partial charge in [-0.25, -0.2) is 4.79 Å². The van der Waals surface area contributed by atoms with Crippen molar-refractivity contribution in [1.82, 2.24) is 24.0 Å². The molecule has 0 spiro atoms. The Kier molecular flexibility index (Phi) is 4.92. The molecule has 0 aromatic carbocycles. The second-order valence-electron chi connectivity index (χ2n) is 5.86. The predicted octanol–water partition coefficient (Wildman–Crippen LogP) is -1.68. The van der Waals surface area contributed by atoms with Gasteiger partial charge in [0.2, 0.25) is 5.95 Å². The standard InChI is InChI=1S/C16H22N6O3/c1-3-4-7-21-12-13(18-15(21)20-8-5-17-6-9-20)19(2)16(25)22(10-11-23)14(12)24/h17,23H,5-11H2,1-2H3. The number of aliphatic hydroxyl groups excluding tert-OH is 1. The topological polar surface area (TPSA) is 97.3 Å². The largest absolute Gasteiger partial charge is 0.395 e. The third-order valence-corrected chi connectivity index (χ3v) is 4.35. The molecule has 3 rings (SSSR count). The number of piperazine rings is 1. The van der Waals surface area contributed by atoms with E-state index in [-0.39, 0.29) is 13.2 Å². The Hall–Kier alpha value is -2.57. The zero-order valence-corrected chi connectivity index (χ0v) is 14.4. The van der Waals surface area contributed by atoms with Crippen LogP contribution in [-0.4, -0.2) is 56.6 Å². The molecule has 2 N–H and O–H groups in total. The van der Waals surface area contributed by atoms with Crippen LogP contribution in [0.3, 0.4) is 0 Å². The van der Waals surface area contributed by atoms with Crippen LogP contribution >= 0.6 is 0 Å². The van der Waals surface area contributed by atoms with E-state index in [0.717, 1.165) is 30.7 Å². The highest BCUT2D eigenvalue weighted by atomic mass is 16.3. The van der Waals surface area contributed by atoms with Crippen molar-refractivity contribution in [3.05, 3.63) is 20.8 Å². The fraction of sp³-hybridized carbons (Fsp3) is 0.562. The minimum atomic E-state index is -0.482. The zero-order valence-electron chi connectivity index (χ0n) is 14.4. The third-order valence-electron chi connectivity index (χ3n) is 4.35. The molecule has 0 atom stereocenters. The van der Waals surface area contributed by atoms with E-state index in [9.17, 15) is 14.7 Å². The van der Waals surface area contributed by atoms with Crippen LogP contribution in [0.4, 0.5) is 5.95 Å². The van der Waals surface area contributed by atoms with Crippen LogP contribution in [0.15, 0.2) is 9.59 Å². The highest BCUT2D eigenvalue weighted by Gasteiger charge is 2.23. The SMILES string of the molecule is CC#CCn1c(N2CCNCC2)nc2c1c(=O)n(CCO)c(=O)n2C. The number of nitrogens with zero attached hydrogens (tertiary/aromatic N) is 5. The van der Waals surface area contributed by atoms with Crippen molar-refractivity contribution >= 4 is 17.1 Å². The summed E-state index contributed by atoms with van der Waals surface area (Å²) in [5.41, 5.74) is -0.244. The van der Waals surface area contributed by atoms with Gasteiger partial charge in [0.1, 0.15) is 0 Å². The van der Waals surface area contributed by atoms with Gasteiger partial charge in [-0.3, -0.25) is 18.5 Å². The van der Waals surface area contributed by atoms with Crippen LogP contribution in [0.1, 0.15) is 6.92 Å². The normalized spacial score (nSPS) is 14.6. The van der Waals surface area contributed by atoms with Crippen LogP contribution in [-0.2, 0) is 20.1 Å². The zero-order chi connectivity index (χ0) is 18.0. The Balaban J connectivity index is 2.31. The molecule has 0 radical (unpaired) electrons. The second kappa shape index (κ2) is 7.13. The number of aliphatic hydroxyl groups is 1. The van der Waals surface area contributed by atoms with E-state index in [1.54, 1.807) is 18.5 Å². The molecule has 3 heterocycles. The van der Waals surface area contributed by atoms with Gasteiger partial charge in [-0.15, -0.1) is 5.92 Å². The summed E-state index contributed by atoms with van der Waals surface area (Å²) in [7, 11) is 1.59. The summed E-state index contributed by atoms with van der Waals surface area (Å²) in [6.07, 6.45) is 0. The molecule has 0 bridgehead atoms. The summed E-state index contributed by atoms with van der Waals surface area (Å²) in [4.78, 5) is 32.0. The van der Waals surface area contributed by atoms with Gasteiger partial charge >= 0.3 is 5.69 Å². The summed E-state index contributed by atoms with van der Waals surface area (Å²) >= 11 is 0. The quantitative estimate of drug-likeness (QED) is 0.642. The predicted molar refractivity (Wildman–Crippen MR) is 94.9 cm³/mol. The Labute approximate surface area is 144 Å². The number of aryl methyl sites for hydroxylation is 1. The first-order chi connectivity index (χ1) is 12.1. The van der Waals surface area contributed by atoms with Crippen molar-refractivity contribution in [3.63, 3.8) is 0 Å². The van der Waals surface area contributed by atoms with Crippen LogP contribution < -0.4 is 21.5 Å². The monoisotopic (exact) mass is 346 g/mol. The number of anilines is 1. The molecule has 0 unspecified atom stereocenters. The van der Waals surface area contributed by atoms with Gasteiger partial charge in [0, 0.05) is 33.2 Å². The van der Waals surface area contributed by atoms with Gasteiger partial charge in [-0.1, -0.05) is 5.92 Å². The van der Waals surface area contributed by atoms with Crippen molar-refractivity contribution in [2.45, 2.75) is 20.0 Å². The smallest absolute Gasteiger partial charge is 0.332 e. The van der Waals surface area contributed by atoms with Crippen LogP contribution in [0.25, 0.3) is 11.2 Å². The minimum absolute atomic E-state index is 0.0466. The number of imidazole rings is 1. The average Bonchev–Trinajstić information content (AvgIpc) is 3.02. The lowest BCUT2D eigenvalue weighted by molar-refractivity contribution is 0.271. The van der Waals surface area contributed by atoms with Crippen molar-refractivity contribution < 1.29 is 5.11 Å². The fourth-order valence-corrected chi connectivity index (χ4v) is 3.07. The van der Waals surface area contributed by atoms with E-state index in [2.05, 4.69) is 27.0 Å². The summed E-state index contributed by atoms with van der Waals surface area (Å²) in [5.74, 6) is 6.47. The van der Waals surface area contributed by atoms with Crippen molar-refractivity contribution in [1.29, 1.82) is 0 Å². The van der Waals surface area contributed by atoms with E-state index in [0.29, 0.717) is 23.7 Å². The molecule has 1 aliphatic heterocycles. The third kappa shape index (κ3) is 2.94. The van der Waals surface area contributed by atoms with E-state index < -0.39 is 11.2 Å². The first-order valence-electron chi connectivity index (χ1n) is 8.26. The molecule has 25 heavy (non-hydrogen) atoms. The number of hydrogen-bond acceptors (Lipinski definition) is 6. The maximum absolute atomic E-state index is 12.9. The molecular formula is C16H22N6O3. The summed E-state index contributed by atoms with van der Waals surface area (Å²) in [5, 5.41) is 12.5. The molecule has 9 heteroatoms. The molecule has 0 saturated carbocycles. The lowest BCUT2D eigenvalue weighted by Crippen LogP contribution is -2.44. The molecule has 1 fully saturated rings. The Morgan fingerprint density at radius 1 is 1.24 bits per heavy atom. The van der Waals surface area contributed by atoms with Gasteiger partial charge in [-0.2, -0.15) is 4.98 Å². The molecule has 9 nitrogen and oxygen atoms in total. The Morgan fingerprint density at radius 2 is 1.96 bits per heavy atom. The number of aromatic nitrogens is 4. The summed E-state index contributed by atoms with van der Waals surface area (Å²) in [6.45, 7) is 4.92. The Morgan fingerprint density at radius 3 is 2.60 bits per heavy atom. The Bertz CT molecular complexity index is 953. The lowest BCUT2D eigenvalue weighted by atomic mass is 10.4. The van der Waals surface area contributed by atoms with Crippen molar-refractivity contribution in [2.75, 3.05) is 37.7 Å². The highest BCUT2D eigenvalue weighted by Crippen LogP contribution is 2.19. The van der Waals surface area contributed by atoms with Crippen molar-refractivity contribution in [3.8, 4) is 11.8 Å². The minimum Gasteiger partial charge on any atom is -0.395 e. The molecule has 0 aliphatic carbocycles. The highest BCUT2D eigenvalue weighted by molar-refractivity contribution is 5.74. The van der Waals surface area contributed by atoms with Crippen molar-refractivity contribution in [2.24, 2.45) is 7.05 Å². The lowest BCUT2D eigenvalue weighted by Gasteiger charge is -2.28. The number of fused-ring (bicyclic) bond motifs is 1. The van der Waals surface area contributed by atoms with Gasteiger partial charge in [0.15, 0.2) is 11.2 Å². The summed E-state index contributed by atoms with van der Waals surface area (Å²) in [6, 6.07) is 0. The fourth-order valence-electron chi connectivity index (χ4n) is 3.07.